The summed E-state index contributed by atoms with van der Waals surface area (Å²) in [4.78, 5) is 16.6. The van der Waals surface area contributed by atoms with Crippen molar-refractivity contribution in [1.29, 1.82) is 0 Å². The highest BCUT2D eigenvalue weighted by atomic mass is 16.5. The third-order valence-corrected chi connectivity index (χ3v) is 4.63. The van der Waals surface area contributed by atoms with Crippen LogP contribution in [0.3, 0.4) is 0 Å². The van der Waals surface area contributed by atoms with Crippen LogP contribution >= 0.6 is 0 Å². The molecule has 5 heteroatoms. The zero-order valence-corrected chi connectivity index (χ0v) is 14.4. The van der Waals surface area contributed by atoms with Gasteiger partial charge in [0.25, 0.3) is 5.91 Å². The van der Waals surface area contributed by atoms with Gasteiger partial charge in [0, 0.05) is 20.1 Å². The van der Waals surface area contributed by atoms with E-state index in [1.165, 1.54) is 5.56 Å². The highest BCUT2D eigenvalue weighted by molar-refractivity contribution is 5.94. The van der Waals surface area contributed by atoms with Gasteiger partial charge in [0.15, 0.2) is 0 Å². The Morgan fingerprint density at radius 2 is 2.04 bits per heavy atom. The van der Waals surface area contributed by atoms with Gasteiger partial charge in [0.1, 0.15) is 5.76 Å². The van der Waals surface area contributed by atoms with Crippen molar-refractivity contribution < 1.29 is 13.9 Å². The van der Waals surface area contributed by atoms with Crippen LogP contribution in [0.15, 0.2) is 47.1 Å². The number of carbonyl (C=O) groups is 1. The molecule has 2 heterocycles. The van der Waals surface area contributed by atoms with E-state index in [1.54, 1.807) is 24.2 Å². The van der Waals surface area contributed by atoms with Crippen molar-refractivity contribution in [3.63, 3.8) is 0 Å². The Bertz CT molecular complexity index is 683. The Kier molecular flexibility index (Phi) is 5.02. The van der Waals surface area contributed by atoms with Crippen LogP contribution in [0.25, 0.3) is 0 Å². The molecular formula is C19H24N2O3. The summed E-state index contributed by atoms with van der Waals surface area (Å²) in [5.74, 6) is 0.609. The van der Waals surface area contributed by atoms with Gasteiger partial charge in [-0.1, -0.05) is 30.3 Å². The minimum Gasteiger partial charge on any atom is -0.469 e. The fourth-order valence-electron chi connectivity index (χ4n) is 3.30. The molecule has 1 fully saturated rings. The van der Waals surface area contributed by atoms with Crippen LogP contribution in [-0.4, -0.2) is 55.6 Å². The number of hydrogen-bond donors (Lipinski definition) is 0. The minimum atomic E-state index is -0.0627. The second kappa shape index (κ2) is 7.20. The van der Waals surface area contributed by atoms with Crippen molar-refractivity contribution in [3.8, 4) is 0 Å². The summed E-state index contributed by atoms with van der Waals surface area (Å²) in [7, 11) is 3.92. The first kappa shape index (κ1) is 16.7. The number of furan rings is 1. The standard InChI is InChI=1S/C19H24N2O3/c1-14-16(9-11-23-14)19(22)21(3)13-17-18(20(2)10-12-24-17)15-7-5-4-6-8-15/h4-9,11,17-18H,10,12-13H2,1-3H3/t17-,18-/m0/s1. The first-order chi connectivity index (χ1) is 11.6. The van der Waals surface area contributed by atoms with Gasteiger partial charge in [-0.15, -0.1) is 0 Å². The maximum atomic E-state index is 12.6. The second-order valence-corrected chi connectivity index (χ2v) is 6.32. The zero-order chi connectivity index (χ0) is 17.1. The molecule has 2 aromatic rings. The van der Waals surface area contributed by atoms with Crippen LogP contribution in [0.1, 0.15) is 27.7 Å². The predicted molar refractivity (Wildman–Crippen MR) is 92.0 cm³/mol. The number of carbonyl (C=O) groups excluding carboxylic acids is 1. The van der Waals surface area contributed by atoms with Crippen LogP contribution in [0, 0.1) is 6.92 Å². The number of nitrogens with zero attached hydrogens (tertiary/aromatic N) is 2. The highest BCUT2D eigenvalue weighted by Crippen LogP contribution is 2.29. The van der Waals surface area contributed by atoms with E-state index >= 15 is 0 Å². The summed E-state index contributed by atoms with van der Waals surface area (Å²) < 4.78 is 11.3. The molecule has 1 aliphatic rings. The fraction of sp³-hybridized carbons (Fsp3) is 0.421. The monoisotopic (exact) mass is 328 g/mol. The summed E-state index contributed by atoms with van der Waals surface area (Å²) in [6.07, 6.45) is 1.49. The Morgan fingerprint density at radius 3 is 2.71 bits per heavy atom. The first-order valence-electron chi connectivity index (χ1n) is 8.24. The first-order valence-corrected chi connectivity index (χ1v) is 8.24. The number of hydrogen-bond acceptors (Lipinski definition) is 4. The van der Waals surface area contributed by atoms with Gasteiger partial charge in [-0.25, -0.2) is 0 Å². The summed E-state index contributed by atoms with van der Waals surface area (Å²) in [5.41, 5.74) is 1.82. The van der Waals surface area contributed by atoms with Gasteiger partial charge in [0.2, 0.25) is 0 Å². The molecule has 0 spiro atoms. The SMILES string of the molecule is Cc1occc1C(=O)N(C)C[C@@H]1OCCN(C)[C@H]1c1ccccc1. The van der Waals surface area contributed by atoms with Gasteiger partial charge < -0.3 is 14.1 Å². The van der Waals surface area contributed by atoms with Crippen LogP contribution in [-0.2, 0) is 4.74 Å². The Balaban J connectivity index is 1.76. The maximum absolute atomic E-state index is 12.6. The smallest absolute Gasteiger partial charge is 0.257 e. The number of amides is 1. The number of likely N-dealkylation sites (N-methyl/N-ethyl adjacent to an activating group) is 2. The third-order valence-electron chi connectivity index (χ3n) is 4.63. The van der Waals surface area contributed by atoms with Crippen molar-refractivity contribution in [1.82, 2.24) is 9.80 Å². The van der Waals surface area contributed by atoms with Crippen molar-refractivity contribution in [3.05, 3.63) is 59.5 Å². The number of rotatable bonds is 4. The van der Waals surface area contributed by atoms with E-state index in [0.717, 1.165) is 6.54 Å². The van der Waals surface area contributed by atoms with Crippen molar-refractivity contribution in [2.75, 3.05) is 33.8 Å². The zero-order valence-electron chi connectivity index (χ0n) is 14.4. The van der Waals surface area contributed by atoms with E-state index in [2.05, 4.69) is 24.1 Å². The predicted octanol–water partition coefficient (Wildman–Crippen LogP) is 2.73. The fourth-order valence-corrected chi connectivity index (χ4v) is 3.30. The van der Waals surface area contributed by atoms with E-state index in [9.17, 15) is 4.79 Å². The van der Waals surface area contributed by atoms with Crippen molar-refractivity contribution in [2.24, 2.45) is 0 Å². The van der Waals surface area contributed by atoms with E-state index in [0.29, 0.717) is 24.5 Å². The summed E-state index contributed by atoms with van der Waals surface area (Å²) in [5, 5.41) is 0. The topological polar surface area (TPSA) is 45.9 Å². The Hall–Kier alpha value is -2.11. The molecule has 5 nitrogen and oxygen atoms in total. The lowest BCUT2D eigenvalue weighted by molar-refractivity contribution is -0.0708. The Morgan fingerprint density at radius 1 is 1.29 bits per heavy atom. The minimum absolute atomic E-state index is 0.0371. The summed E-state index contributed by atoms with van der Waals surface area (Å²) in [6.45, 7) is 3.90. The maximum Gasteiger partial charge on any atom is 0.257 e. The van der Waals surface area contributed by atoms with Gasteiger partial charge in [-0.05, 0) is 25.6 Å². The molecule has 0 aliphatic carbocycles. The number of ether oxygens (including phenoxy) is 1. The molecule has 3 rings (SSSR count). The van der Waals surface area contributed by atoms with Gasteiger partial charge in [0.05, 0.1) is 30.6 Å². The summed E-state index contributed by atoms with van der Waals surface area (Å²) in [6, 6.07) is 12.2. The van der Waals surface area contributed by atoms with Crippen LogP contribution in [0.2, 0.25) is 0 Å². The van der Waals surface area contributed by atoms with Crippen LogP contribution in [0.4, 0.5) is 0 Å². The van der Waals surface area contributed by atoms with E-state index in [-0.39, 0.29) is 18.1 Å². The highest BCUT2D eigenvalue weighted by Gasteiger charge is 2.33. The molecule has 0 bridgehead atoms. The lowest BCUT2D eigenvalue weighted by atomic mass is 9.98. The normalized spacial score (nSPS) is 21.6. The quantitative estimate of drug-likeness (QED) is 0.866. The molecule has 0 unspecified atom stereocenters. The average molecular weight is 328 g/mol. The molecule has 1 aliphatic heterocycles. The van der Waals surface area contributed by atoms with Gasteiger partial charge >= 0.3 is 0 Å². The molecule has 0 saturated carbocycles. The molecule has 24 heavy (non-hydrogen) atoms. The van der Waals surface area contributed by atoms with Gasteiger partial charge in [-0.2, -0.15) is 0 Å². The molecular weight excluding hydrogens is 304 g/mol. The molecule has 0 N–H and O–H groups in total. The molecule has 1 aromatic carbocycles. The van der Waals surface area contributed by atoms with Gasteiger partial charge in [-0.3, -0.25) is 9.69 Å². The number of benzene rings is 1. The van der Waals surface area contributed by atoms with Crippen LogP contribution in [0.5, 0.6) is 0 Å². The number of morpholine rings is 1. The number of aryl methyl sites for hydroxylation is 1. The molecule has 1 aromatic heterocycles. The molecule has 2 atom stereocenters. The second-order valence-electron chi connectivity index (χ2n) is 6.32. The van der Waals surface area contributed by atoms with Crippen molar-refractivity contribution >= 4 is 5.91 Å². The lowest BCUT2D eigenvalue weighted by Gasteiger charge is -2.40. The molecule has 0 radical (unpaired) electrons. The van der Waals surface area contributed by atoms with Crippen LogP contribution < -0.4 is 0 Å². The molecule has 128 valence electrons. The molecule has 1 saturated heterocycles. The molecule has 1 amide bonds. The largest absolute Gasteiger partial charge is 0.469 e. The lowest BCUT2D eigenvalue weighted by Crippen LogP contribution is -2.48. The van der Waals surface area contributed by atoms with E-state index in [1.807, 2.05) is 25.2 Å². The third kappa shape index (κ3) is 3.37. The van der Waals surface area contributed by atoms with E-state index in [4.69, 9.17) is 9.15 Å². The van der Waals surface area contributed by atoms with Crippen molar-refractivity contribution in [2.45, 2.75) is 19.1 Å². The Labute approximate surface area is 142 Å². The summed E-state index contributed by atoms with van der Waals surface area (Å²) >= 11 is 0. The van der Waals surface area contributed by atoms with E-state index < -0.39 is 0 Å². The average Bonchev–Trinajstić information content (AvgIpc) is 3.01.